The van der Waals surface area contributed by atoms with Gasteiger partial charge < -0.3 is 10.6 Å². The van der Waals surface area contributed by atoms with Gasteiger partial charge in [0, 0.05) is 18.1 Å². The minimum atomic E-state index is 0.443. The zero-order valence-corrected chi connectivity index (χ0v) is 10.3. The lowest BCUT2D eigenvalue weighted by atomic mass is 9.91. The van der Waals surface area contributed by atoms with Crippen LogP contribution in [0, 0.1) is 5.92 Å². The van der Waals surface area contributed by atoms with Crippen LogP contribution in [-0.4, -0.2) is 24.7 Å². The van der Waals surface area contributed by atoms with E-state index in [1.165, 1.54) is 45.1 Å². The fourth-order valence-electron chi connectivity index (χ4n) is 3.08. The maximum atomic E-state index is 3.80. The van der Waals surface area contributed by atoms with E-state index in [9.17, 15) is 0 Å². The predicted molar refractivity (Wildman–Crippen MR) is 65.1 cm³/mol. The fraction of sp³-hybridized carbons (Fsp3) is 1.00. The molecular weight excluding hydrogens is 184 g/mol. The van der Waals surface area contributed by atoms with Gasteiger partial charge >= 0.3 is 0 Å². The van der Waals surface area contributed by atoms with E-state index < -0.39 is 0 Å². The molecule has 0 aromatic heterocycles. The van der Waals surface area contributed by atoms with Gasteiger partial charge in [0.25, 0.3) is 0 Å². The molecule has 1 saturated carbocycles. The molecule has 1 saturated heterocycles. The number of hydrogen-bond donors (Lipinski definition) is 2. The van der Waals surface area contributed by atoms with Gasteiger partial charge in [0.1, 0.15) is 0 Å². The third kappa shape index (κ3) is 2.94. The summed E-state index contributed by atoms with van der Waals surface area (Å²) < 4.78 is 0. The van der Waals surface area contributed by atoms with Gasteiger partial charge in [0.05, 0.1) is 0 Å². The quantitative estimate of drug-likeness (QED) is 0.747. The summed E-state index contributed by atoms with van der Waals surface area (Å²) in [5.41, 5.74) is 0.443. The van der Waals surface area contributed by atoms with Crippen LogP contribution < -0.4 is 10.6 Å². The largest absolute Gasteiger partial charge is 0.312 e. The van der Waals surface area contributed by atoms with Gasteiger partial charge in [-0.05, 0) is 45.1 Å². The van der Waals surface area contributed by atoms with Crippen molar-refractivity contribution in [3.05, 3.63) is 0 Å². The molecule has 2 heteroatoms. The smallest absolute Gasteiger partial charge is 0.0218 e. The molecule has 1 aliphatic heterocycles. The molecule has 15 heavy (non-hydrogen) atoms. The lowest BCUT2D eigenvalue weighted by molar-refractivity contribution is 0.257. The van der Waals surface area contributed by atoms with Crippen molar-refractivity contribution in [1.29, 1.82) is 0 Å². The molecule has 0 amide bonds. The summed E-state index contributed by atoms with van der Waals surface area (Å²) in [4.78, 5) is 0. The molecule has 0 aromatic carbocycles. The van der Waals surface area contributed by atoms with Gasteiger partial charge in [-0.25, -0.2) is 0 Å². The molecule has 0 aromatic rings. The predicted octanol–water partition coefficient (Wildman–Crippen LogP) is 2.30. The first-order chi connectivity index (χ1) is 7.20. The molecule has 0 spiro atoms. The fourth-order valence-corrected chi connectivity index (χ4v) is 3.08. The minimum Gasteiger partial charge on any atom is -0.312 e. The second-order valence-electron chi connectivity index (χ2n) is 5.83. The van der Waals surface area contributed by atoms with E-state index in [0.29, 0.717) is 11.6 Å². The van der Waals surface area contributed by atoms with E-state index >= 15 is 0 Å². The number of piperidine rings is 1. The Kier molecular flexibility index (Phi) is 3.68. The topological polar surface area (TPSA) is 24.1 Å². The molecule has 0 bridgehead atoms. The summed E-state index contributed by atoms with van der Waals surface area (Å²) in [6.07, 6.45) is 8.32. The highest BCUT2D eigenvalue weighted by Crippen LogP contribution is 2.29. The molecule has 1 aliphatic carbocycles. The normalized spacial score (nSPS) is 35.6. The van der Waals surface area contributed by atoms with Crippen LogP contribution in [0.2, 0.25) is 0 Å². The molecule has 88 valence electrons. The highest BCUT2D eigenvalue weighted by Gasteiger charge is 2.30. The molecule has 2 N–H and O–H groups in total. The van der Waals surface area contributed by atoms with Crippen molar-refractivity contribution in [2.24, 2.45) is 5.92 Å². The number of hydrogen-bond acceptors (Lipinski definition) is 2. The van der Waals surface area contributed by atoms with Gasteiger partial charge in [0.15, 0.2) is 0 Å². The SMILES string of the molecule is CC1CCCNC1CNC1(C)CCCC1. The van der Waals surface area contributed by atoms with E-state index in [0.717, 1.165) is 12.5 Å². The molecule has 2 nitrogen and oxygen atoms in total. The third-order valence-electron chi connectivity index (χ3n) is 4.39. The van der Waals surface area contributed by atoms with Crippen LogP contribution in [0.1, 0.15) is 52.4 Å². The Morgan fingerprint density at radius 2 is 2.00 bits per heavy atom. The molecule has 2 fully saturated rings. The Morgan fingerprint density at radius 3 is 2.67 bits per heavy atom. The van der Waals surface area contributed by atoms with Gasteiger partial charge in [0.2, 0.25) is 0 Å². The zero-order chi connectivity index (χ0) is 10.7. The van der Waals surface area contributed by atoms with Gasteiger partial charge in [-0.1, -0.05) is 19.8 Å². The van der Waals surface area contributed by atoms with Gasteiger partial charge in [-0.3, -0.25) is 0 Å². The van der Waals surface area contributed by atoms with E-state index in [2.05, 4.69) is 24.5 Å². The van der Waals surface area contributed by atoms with Crippen LogP contribution >= 0.6 is 0 Å². The van der Waals surface area contributed by atoms with Crippen LogP contribution in [0.25, 0.3) is 0 Å². The summed E-state index contributed by atoms with van der Waals surface area (Å²) in [5.74, 6) is 0.844. The molecule has 2 atom stereocenters. The first-order valence-corrected chi connectivity index (χ1v) is 6.68. The number of nitrogens with one attached hydrogen (secondary N) is 2. The maximum Gasteiger partial charge on any atom is 0.0218 e. The van der Waals surface area contributed by atoms with Gasteiger partial charge in [-0.2, -0.15) is 0 Å². The van der Waals surface area contributed by atoms with Crippen LogP contribution in [0.3, 0.4) is 0 Å². The standard InChI is InChI=1S/C13H26N2/c1-11-6-5-9-14-12(11)10-15-13(2)7-3-4-8-13/h11-12,14-15H,3-10H2,1-2H3. The summed E-state index contributed by atoms with van der Waals surface area (Å²) in [6.45, 7) is 7.16. The summed E-state index contributed by atoms with van der Waals surface area (Å²) in [6, 6.07) is 0.705. The highest BCUT2D eigenvalue weighted by atomic mass is 15.0. The van der Waals surface area contributed by atoms with Gasteiger partial charge in [-0.15, -0.1) is 0 Å². The first kappa shape index (κ1) is 11.4. The average molecular weight is 210 g/mol. The Morgan fingerprint density at radius 1 is 1.27 bits per heavy atom. The Labute approximate surface area is 94.2 Å². The monoisotopic (exact) mass is 210 g/mol. The molecule has 0 radical (unpaired) electrons. The van der Waals surface area contributed by atoms with Crippen molar-refractivity contribution in [3.8, 4) is 0 Å². The molecule has 2 aliphatic rings. The minimum absolute atomic E-state index is 0.443. The molecule has 2 unspecified atom stereocenters. The third-order valence-corrected chi connectivity index (χ3v) is 4.39. The van der Waals surface area contributed by atoms with Crippen molar-refractivity contribution in [2.75, 3.05) is 13.1 Å². The second kappa shape index (κ2) is 4.84. The summed E-state index contributed by atoms with van der Waals surface area (Å²) in [5, 5.41) is 7.44. The van der Waals surface area contributed by atoms with E-state index in [1.807, 2.05) is 0 Å². The van der Waals surface area contributed by atoms with E-state index in [-0.39, 0.29) is 0 Å². The average Bonchev–Trinajstić information content (AvgIpc) is 2.65. The Balaban J connectivity index is 1.76. The number of rotatable bonds is 3. The van der Waals surface area contributed by atoms with Crippen molar-refractivity contribution < 1.29 is 0 Å². The Bertz CT molecular complexity index is 197. The Hall–Kier alpha value is -0.0800. The van der Waals surface area contributed by atoms with Crippen LogP contribution in [0.5, 0.6) is 0 Å². The van der Waals surface area contributed by atoms with Crippen molar-refractivity contribution in [3.63, 3.8) is 0 Å². The van der Waals surface area contributed by atoms with E-state index in [4.69, 9.17) is 0 Å². The van der Waals surface area contributed by atoms with Crippen LogP contribution in [-0.2, 0) is 0 Å². The van der Waals surface area contributed by atoms with Crippen molar-refractivity contribution in [2.45, 2.75) is 64.0 Å². The lowest BCUT2D eigenvalue weighted by Gasteiger charge is -2.34. The molecule has 1 heterocycles. The van der Waals surface area contributed by atoms with Crippen LogP contribution in [0.4, 0.5) is 0 Å². The second-order valence-corrected chi connectivity index (χ2v) is 5.83. The maximum absolute atomic E-state index is 3.80. The van der Waals surface area contributed by atoms with Crippen LogP contribution in [0.15, 0.2) is 0 Å². The zero-order valence-electron chi connectivity index (χ0n) is 10.3. The summed E-state index contributed by atoms with van der Waals surface area (Å²) in [7, 11) is 0. The van der Waals surface area contributed by atoms with Crippen molar-refractivity contribution in [1.82, 2.24) is 10.6 Å². The van der Waals surface area contributed by atoms with Crippen molar-refractivity contribution >= 4 is 0 Å². The molecular formula is C13H26N2. The summed E-state index contributed by atoms with van der Waals surface area (Å²) >= 11 is 0. The lowest BCUT2D eigenvalue weighted by Crippen LogP contribution is -2.51. The highest BCUT2D eigenvalue weighted by molar-refractivity contribution is 4.91. The molecule has 2 rings (SSSR count). The first-order valence-electron chi connectivity index (χ1n) is 6.68. The van der Waals surface area contributed by atoms with E-state index in [1.54, 1.807) is 0 Å².